The van der Waals surface area contributed by atoms with Gasteiger partial charge in [0.25, 0.3) is 0 Å². The number of carbonyl (C=O) groups is 2. The molecule has 4 rings (SSSR count). The maximum atomic E-state index is 15.1. The zero-order valence-corrected chi connectivity index (χ0v) is 21.0. The SMILES string of the molecule is CC(C)N(C(=O)Nc1cn[nH]c1-c1nc2cc(N3CCOCC3OC(=O)C(F)(F)F)c(F)cc2[nH]1)C(C)C. The smallest absolute Gasteiger partial charge is 0.432 e. The number of amides is 2. The number of esters is 1. The molecule has 0 bridgehead atoms. The van der Waals surface area contributed by atoms with Gasteiger partial charge in [-0.3, -0.25) is 5.10 Å². The lowest BCUT2D eigenvalue weighted by Gasteiger charge is -2.36. The predicted octanol–water partition coefficient (Wildman–Crippen LogP) is 4.01. The van der Waals surface area contributed by atoms with Crippen molar-refractivity contribution >= 4 is 34.4 Å². The molecule has 1 aromatic carbocycles. The molecule has 2 amide bonds. The summed E-state index contributed by atoms with van der Waals surface area (Å²) in [5.41, 5.74) is 1.14. The van der Waals surface area contributed by atoms with Crippen molar-refractivity contribution in [3.8, 4) is 11.5 Å². The van der Waals surface area contributed by atoms with Crippen LogP contribution in [0.25, 0.3) is 22.6 Å². The number of fused-ring (bicyclic) bond motifs is 1. The molecule has 3 N–H and O–H groups in total. The number of aromatic nitrogens is 4. The zero-order valence-electron chi connectivity index (χ0n) is 21.0. The molecule has 0 spiro atoms. The summed E-state index contributed by atoms with van der Waals surface area (Å²) in [6.45, 7) is 7.27. The first-order valence-electron chi connectivity index (χ1n) is 11.8. The molecule has 1 unspecified atom stereocenters. The van der Waals surface area contributed by atoms with E-state index in [9.17, 15) is 22.8 Å². The van der Waals surface area contributed by atoms with Gasteiger partial charge >= 0.3 is 18.2 Å². The molecule has 1 fully saturated rings. The Kier molecular flexibility index (Phi) is 7.49. The first-order valence-corrected chi connectivity index (χ1v) is 11.8. The third-order valence-electron chi connectivity index (χ3n) is 5.88. The summed E-state index contributed by atoms with van der Waals surface area (Å²) in [7, 11) is 0. The van der Waals surface area contributed by atoms with Crippen LogP contribution in [0.5, 0.6) is 0 Å². The second-order valence-electron chi connectivity index (χ2n) is 9.22. The van der Waals surface area contributed by atoms with Crippen LogP contribution in [0.3, 0.4) is 0 Å². The van der Waals surface area contributed by atoms with Crippen molar-refractivity contribution in [2.45, 2.75) is 52.2 Å². The fraction of sp³-hybridized carbons (Fsp3) is 0.478. The van der Waals surface area contributed by atoms with Gasteiger partial charge in [0.15, 0.2) is 12.1 Å². The van der Waals surface area contributed by atoms with Crippen molar-refractivity contribution in [2.24, 2.45) is 0 Å². The maximum absolute atomic E-state index is 15.1. The molecule has 0 radical (unpaired) electrons. The number of hydrogen-bond acceptors (Lipinski definition) is 7. The Labute approximate surface area is 214 Å². The second-order valence-corrected chi connectivity index (χ2v) is 9.22. The topological polar surface area (TPSA) is 128 Å². The average Bonchev–Trinajstić information content (AvgIpc) is 3.44. The van der Waals surface area contributed by atoms with E-state index in [1.165, 1.54) is 17.2 Å². The van der Waals surface area contributed by atoms with E-state index in [4.69, 9.17) is 4.74 Å². The third-order valence-corrected chi connectivity index (χ3v) is 5.88. The molecular weight excluding hydrogens is 514 g/mol. The zero-order chi connectivity index (χ0) is 27.8. The molecule has 3 heterocycles. The number of nitrogens with zero attached hydrogens (tertiary/aromatic N) is 4. The normalized spacial score (nSPS) is 16.4. The number of alkyl halides is 3. The molecule has 38 heavy (non-hydrogen) atoms. The number of rotatable bonds is 6. The third kappa shape index (κ3) is 5.51. The van der Waals surface area contributed by atoms with Gasteiger partial charge in [0, 0.05) is 24.7 Å². The van der Waals surface area contributed by atoms with Crippen LogP contribution in [0.15, 0.2) is 18.3 Å². The van der Waals surface area contributed by atoms with Crippen LogP contribution >= 0.6 is 0 Å². The van der Waals surface area contributed by atoms with Crippen LogP contribution in [0.2, 0.25) is 0 Å². The number of hydrogen-bond donors (Lipinski definition) is 3. The van der Waals surface area contributed by atoms with E-state index in [1.807, 2.05) is 27.7 Å². The number of urea groups is 1. The highest BCUT2D eigenvalue weighted by Gasteiger charge is 2.44. The number of halogens is 4. The Hall–Kier alpha value is -3.88. The van der Waals surface area contributed by atoms with Crippen LogP contribution in [0.4, 0.5) is 33.7 Å². The summed E-state index contributed by atoms with van der Waals surface area (Å²) in [6, 6.07) is 2.01. The minimum atomic E-state index is -5.21. The Balaban J connectivity index is 1.63. The average molecular weight is 542 g/mol. The fourth-order valence-corrected chi connectivity index (χ4v) is 4.31. The molecule has 15 heteroatoms. The molecule has 0 aliphatic carbocycles. The molecule has 1 atom stereocenters. The van der Waals surface area contributed by atoms with Crippen LogP contribution < -0.4 is 10.2 Å². The van der Waals surface area contributed by atoms with Crippen molar-refractivity contribution < 1.29 is 36.6 Å². The molecule has 11 nitrogen and oxygen atoms in total. The summed E-state index contributed by atoms with van der Waals surface area (Å²) < 4.78 is 63.0. The summed E-state index contributed by atoms with van der Waals surface area (Å²) in [4.78, 5) is 34.5. The molecule has 1 aliphatic rings. The van der Waals surface area contributed by atoms with Crippen LogP contribution in [0.1, 0.15) is 27.7 Å². The van der Waals surface area contributed by atoms with Gasteiger partial charge in [0.05, 0.1) is 35.2 Å². The molecule has 206 valence electrons. The number of nitrogens with one attached hydrogen (secondary N) is 3. The van der Waals surface area contributed by atoms with Crippen LogP contribution in [-0.4, -0.2) is 81.3 Å². The van der Waals surface area contributed by atoms with Gasteiger partial charge < -0.3 is 29.6 Å². The highest BCUT2D eigenvalue weighted by molar-refractivity contribution is 5.94. The Morgan fingerprint density at radius 3 is 2.61 bits per heavy atom. The highest BCUT2D eigenvalue weighted by Crippen LogP contribution is 2.32. The van der Waals surface area contributed by atoms with Crippen LogP contribution in [0, 0.1) is 5.82 Å². The van der Waals surface area contributed by atoms with Crippen molar-refractivity contribution in [2.75, 3.05) is 30.0 Å². The lowest BCUT2D eigenvalue weighted by molar-refractivity contribution is -0.208. The number of carbonyl (C=O) groups excluding carboxylic acids is 2. The van der Waals surface area contributed by atoms with E-state index in [0.29, 0.717) is 11.4 Å². The summed E-state index contributed by atoms with van der Waals surface area (Å²) in [5, 5.41) is 9.54. The van der Waals surface area contributed by atoms with Gasteiger partial charge in [0.1, 0.15) is 18.1 Å². The number of H-pyrrole nitrogens is 2. The molecule has 3 aromatic rings. The largest absolute Gasteiger partial charge is 0.491 e. The predicted molar refractivity (Wildman–Crippen MR) is 129 cm³/mol. The second kappa shape index (κ2) is 10.5. The number of anilines is 2. The van der Waals surface area contributed by atoms with Gasteiger partial charge in [-0.2, -0.15) is 18.3 Å². The number of ether oxygens (including phenoxy) is 2. The van der Waals surface area contributed by atoms with Crippen LogP contribution in [-0.2, 0) is 14.3 Å². The van der Waals surface area contributed by atoms with Crippen molar-refractivity contribution in [1.82, 2.24) is 25.1 Å². The van der Waals surface area contributed by atoms with Crippen molar-refractivity contribution in [3.63, 3.8) is 0 Å². The highest BCUT2D eigenvalue weighted by atomic mass is 19.4. The first-order chi connectivity index (χ1) is 17.9. The van der Waals surface area contributed by atoms with E-state index in [1.54, 1.807) is 4.90 Å². The van der Waals surface area contributed by atoms with E-state index in [0.717, 1.165) is 6.07 Å². The summed E-state index contributed by atoms with van der Waals surface area (Å²) in [5.74, 6) is -2.93. The van der Waals surface area contributed by atoms with Gasteiger partial charge in [-0.1, -0.05) is 0 Å². The number of benzene rings is 1. The van der Waals surface area contributed by atoms with Crippen molar-refractivity contribution in [3.05, 3.63) is 24.1 Å². The lowest BCUT2D eigenvalue weighted by atomic mass is 10.2. The van der Waals surface area contributed by atoms with E-state index < -0.39 is 24.2 Å². The quantitative estimate of drug-likeness (QED) is 0.318. The van der Waals surface area contributed by atoms with Gasteiger partial charge in [0.2, 0.25) is 0 Å². The molecule has 2 aromatic heterocycles. The molecule has 1 saturated heterocycles. The molecular formula is C23H27F4N7O4. The Bertz CT molecular complexity index is 1310. The standard InChI is InChI=1S/C23H27F4N7O4/c1-11(2)34(12(3)4)22(36)31-16-9-28-32-19(16)20-29-14-7-13(24)17(8-15(14)30-20)33-5-6-37-10-18(33)38-21(35)23(25,26)27/h7-9,11-12,18H,5-6,10H2,1-4H3,(H,28,32)(H,29,30)(H,31,36). The number of morpholine rings is 1. The van der Waals surface area contributed by atoms with Crippen molar-refractivity contribution in [1.29, 1.82) is 0 Å². The number of aromatic amines is 2. The maximum Gasteiger partial charge on any atom is 0.491 e. The fourth-order valence-electron chi connectivity index (χ4n) is 4.31. The molecule has 1 aliphatic heterocycles. The van der Waals surface area contributed by atoms with Gasteiger partial charge in [-0.05, 0) is 33.8 Å². The Morgan fingerprint density at radius 2 is 1.95 bits per heavy atom. The minimum Gasteiger partial charge on any atom is -0.432 e. The first kappa shape index (κ1) is 27.2. The van der Waals surface area contributed by atoms with Gasteiger partial charge in [-0.15, -0.1) is 0 Å². The van der Waals surface area contributed by atoms with E-state index >= 15 is 4.39 Å². The summed E-state index contributed by atoms with van der Waals surface area (Å²) >= 11 is 0. The number of imidazole rings is 1. The minimum absolute atomic E-state index is 0.0194. The summed E-state index contributed by atoms with van der Waals surface area (Å²) in [6.07, 6.45) is -5.28. The van der Waals surface area contributed by atoms with Gasteiger partial charge in [-0.25, -0.2) is 19.0 Å². The van der Waals surface area contributed by atoms with E-state index in [2.05, 4.69) is 30.2 Å². The van der Waals surface area contributed by atoms with E-state index in [-0.39, 0.29) is 60.4 Å². The lowest BCUT2D eigenvalue weighted by Crippen LogP contribution is -2.50. The Morgan fingerprint density at radius 1 is 1.24 bits per heavy atom. The monoisotopic (exact) mass is 541 g/mol. The molecule has 0 saturated carbocycles.